The maximum atomic E-state index is 13.5. The second-order valence-corrected chi connectivity index (χ2v) is 8.38. The van der Waals surface area contributed by atoms with E-state index in [1.165, 1.54) is 26.0 Å². The largest absolute Gasteiger partial charge is 0.344 e. The minimum Gasteiger partial charge on any atom is -0.344 e. The second-order valence-electron chi connectivity index (χ2n) is 5.82. The number of rotatable bonds is 6. The molecule has 128 valence electrons. The number of amides is 1. The van der Waals surface area contributed by atoms with Crippen LogP contribution < -0.4 is 5.32 Å². The Kier molecular flexibility index (Phi) is 5.72. The lowest BCUT2D eigenvalue weighted by Crippen LogP contribution is -2.36. The van der Waals surface area contributed by atoms with Crippen LogP contribution in [-0.2, 0) is 14.6 Å². The van der Waals surface area contributed by atoms with Crippen molar-refractivity contribution in [2.24, 2.45) is 0 Å². The summed E-state index contributed by atoms with van der Waals surface area (Å²) in [5.74, 6) is -1.62. The molecule has 1 N–H and O–H groups in total. The molecule has 4 nitrogen and oxygen atoms in total. The van der Waals surface area contributed by atoms with Crippen molar-refractivity contribution in [3.05, 3.63) is 71.5 Å². The average Bonchev–Trinajstić information content (AvgIpc) is 2.53. The molecule has 0 aromatic heterocycles. The molecular formula is C18H20FNO3S. The van der Waals surface area contributed by atoms with Crippen molar-refractivity contribution in [3.8, 4) is 0 Å². The standard InChI is InChI=1S/C18H20FNO3S/c1-13(2)24(22,23)12-17(21)20-18(14-7-4-3-5-8-14)15-9-6-10-16(19)11-15/h3-11,13,18H,12H2,1-2H3,(H,20,21). The Morgan fingerprint density at radius 1 is 1.04 bits per heavy atom. The fraction of sp³-hybridized carbons (Fsp3) is 0.278. The van der Waals surface area contributed by atoms with Crippen LogP contribution >= 0.6 is 0 Å². The van der Waals surface area contributed by atoms with Gasteiger partial charge in [0.2, 0.25) is 5.91 Å². The second kappa shape index (κ2) is 7.57. The maximum Gasteiger partial charge on any atom is 0.235 e. The lowest BCUT2D eigenvalue weighted by Gasteiger charge is -2.20. The fourth-order valence-corrected chi connectivity index (χ4v) is 3.02. The van der Waals surface area contributed by atoms with E-state index in [1.54, 1.807) is 36.4 Å². The van der Waals surface area contributed by atoms with Gasteiger partial charge in [0.1, 0.15) is 11.6 Å². The summed E-state index contributed by atoms with van der Waals surface area (Å²) in [6.45, 7) is 3.06. The number of benzene rings is 2. The monoisotopic (exact) mass is 349 g/mol. The first-order valence-electron chi connectivity index (χ1n) is 7.61. The molecule has 0 aliphatic carbocycles. The van der Waals surface area contributed by atoms with E-state index in [4.69, 9.17) is 0 Å². The molecule has 0 fully saturated rings. The van der Waals surface area contributed by atoms with Gasteiger partial charge in [-0.15, -0.1) is 0 Å². The zero-order chi connectivity index (χ0) is 17.7. The summed E-state index contributed by atoms with van der Waals surface area (Å²) in [5.41, 5.74) is 1.30. The molecule has 2 aromatic rings. The van der Waals surface area contributed by atoms with Crippen molar-refractivity contribution in [2.45, 2.75) is 25.1 Å². The molecule has 2 aromatic carbocycles. The third-order valence-corrected chi connectivity index (χ3v) is 5.77. The van der Waals surface area contributed by atoms with Gasteiger partial charge < -0.3 is 5.32 Å². The number of carbonyl (C=O) groups is 1. The molecule has 0 saturated heterocycles. The molecule has 24 heavy (non-hydrogen) atoms. The highest BCUT2D eigenvalue weighted by atomic mass is 32.2. The number of hydrogen-bond acceptors (Lipinski definition) is 3. The van der Waals surface area contributed by atoms with Gasteiger partial charge in [-0.25, -0.2) is 12.8 Å². The number of carbonyl (C=O) groups excluding carboxylic acids is 1. The third kappa shape index (κ3) is 4.64. The van der Waals surface area contributed by atoms with Crippen molar-refractivity contribution < 1.29 is 17.6 Å². The van der Waals surface area contributed by atoms with E-state index < -0.39 is 38.6 Å². The molecule has 0 spiro atoms. The summed E-state index contributed by atoms with van der Waals surface area (Å²) in [5, 5.41) is 2.07. The minimum absolute atomic E-state index is 0.419. The summed E-state index contributed by atoms with van der Waals surface area (Å²) in [4.78, 5) is 12.2. The van der Waals surface area contributed by atoms with Crippen molar-refractivity contribution in [1.29, 1.82) is 0 Å². The zero-order valence-electron chi connectivity index (χ0n) is 13.6. The van der Waals surface area contributed by atoms with E-state index in [2.05, 4.69) is 5.32 Å². The molecule has 0 bridgehead atoms. The predicted molar refractivity (Wildman–Crippen MR) is 91.8 cm³/mol. The Morgan fingerprint density at radius 2 is 1.67 bits per heavy atom. The quantitative estimate of drug-likeness (QED) is 0.872. The first-order chi connectivity index (χ1) is 11.3. The fourth-order valence-electron chi connectivity index (χ4n) is 2.24. The topological polar surface area (TPSA) is 63.2 Å². The highest BCUT2D eigenvalue weighted by Crippen LogP contribution is 2.22. The van der Waals surface area contributed by atoms with Gasteiger partial charge in [-0.1, -0.05) is 42.5 Å². The van der Waals surface area contributed by atoms with Gasteiger partial charge in [-0.05, 0) is 37.1 Å². The molecule has 0 heterocycles. The zero-order valence-corrected chi connectivity index (χ0v) is 14.4. The molecule has 0 aliphatic heterocycles. The van der Waals surface area contributed by atoms with Crippen LogP contribution in [0.2, 0.25) is 0 Å². The summed E-state index contributed by atoms with van der Waals surface area (Å²) < 4.78 is 37.4. The lowest BCUT2D eigenvalue weighted by atomic mass is 9.98. The summed E-state index contributed by atoms with van der Waals surface area (Å²) in [6, 6.07) is 14.3. The van der Waals surface area contributed by atoms with Gasteiger partial charge in [0.15, 0.2) is 9.84 Å². The normalized spacial score (nSPS) is 12.8. The number of halogens is 1. The smallest absolute Gasteiger partial charge is 0.235 e. The van der Waals surface area contributed by atoms with Crippen LogP contribution in [0, 0.1) is 5.82 Å². The van der Waals surface area contributed by atoms with Crippen LogP contribution in [0.25, 0.3) is 0 Å². The first-order valence-corrected chi connectivity index (χ1v) is 9.32. The SMILES string of the molecule is CC(C)S(=O)(=O)CC(=O)NC(c1ccccc1)c1cccc(F)c1. The molecule has 1 unspecified atom stereocenters. The van der Waals surface area contributed by atoms with Crippen molar-refractivity contribution in [3.63, 3.8) is 0 Å². The Balaban J connectivity index is 2.29. The van der Waals surface area contributed by atoms with Crippen LogP contribution in [0.1, 0.15) is 31.0 Å². The van der Waals surface area contributed by atoms with Crippen molar-refractivity contribution in [1.82, 2.24) is 5.32 Å². The van der Waals surface area contributed by atoms with Crippen LogP contribution in [0.4, 0.5) is 4.39 Å². The van der Waals surface area contributed by atoms with Gasteiger partial charge in [-0.2, -0.15) is 0 Å². The van der Waals surface area contributed by atoms with E-state index in [9.17, 15) is 17.6 Å². The molecular weight excluding hydrogens is 329 g/mol. The van der Waals surface area contributed by atoms with Crippen LogP contribution in [0.15, 0.2) is 54.6 Å². The van der Waals surface area contributed by atoms with E-state index in [0.717, 1.165) is 5.56 Å². The Bertz CT molecular complexity index is 804. The summed E-state index contributed by atoms with van der Waals surface area (Å²) in [7, 11) is -3.50. The van der Waals surface area contributed by atoms with Crippen molar-refractivity contribution >= 4 is 15.7 Å². The van der Waals surface area contributed by atoms with Crippen LogP contribution in [-0.4, -0.2) is 25.3 Å². The van der Waals surface area contributed by atoms with Gasteiger partial charge in [0.25, 0.3) is 0 Å². The average molecular weight is 349 g/mol. The molecule has 0 radical (unpaired) electrons. The summed E-state index contributed by atoms with van der Waals surface area (Å²) >= 11 is 0. The maximum absolute atomic E-state index is 13.5. The predicted octanol–water partition coefficient (Wildman–Crippen LogP) is 2.85. The lowest BCUT2D eigenvalue weighted by molar-refractivity contribution is -0.119. The molecule has 1 amide bonds. The first kappa shape index (κ1) is 18.1. The molecule has 6 heteroatoms. The number of sulfone groups is 1. The molecule has 0 aliphatic rings. The minimum atomic E-state index is -3.50. The number of hydrogen-bond donors (Lipinski definition) is 1. The summed E-state index contributed by atoms with van der Waals surface area (Å²) in [6.07, 6.45) is 0. The van der Waals surface area contributed by atoms with Crippen molar-refractivity contribution in [2.75, 3.05) is 5.75 Å². The van der Waals surface area contributed by atoms with E-state index in [0.29, 0.717) is 5.56 Å². The highest BCUT2D eigenvalue weighted by molar-refractivity contribution is 7.92. The van der Waals surface area contributed by atoms with E-state index in [-0.39, 0.29) is 0 Å². The Hall–Kier alpha value is -2.21. The van der Waals surface area contributed by atoms with E-state index >= 15 is 0 Å². The number of nitrogens with one attached hydrogen (secondary N) is 1. The van der Waals surface area contributed by atoms with Gasteiger partial charge in [0, 0.05) is 0 Å². The van der Waals surface area contributed by atoms with E-state index in [1.807, 2.05) is 6.07 Å². The molecule has 1 atom stereocenters. The molecule has 2 rings (SSSR count). The highest BCUT2D eigenvalue weighted by Gasteiger charge is 2.24. The van der Waals surface area contributed by atoms with Gasteiger partial charge in [-0.3, -0.25) is 4.79 Å². The Labute approximate surface area is 141 Å². The molecule has 0 saturated carbocycles. The van der Waals surface area contributed by atoms with Crippen LogP contribution in [0.3, 0.4) is 0 Å². The van der Waals surface area contributed by atoms with Gasteiger partial charge in [0.05, 0.1) is 11.3 Å². The third-order valence-electron chi connectivity index (χ3n) is 3.67. The van der Waals surface area contributed by atoms with Crippen LogP contribution in [0.5, 0.6) is 0 Å². The Morgan fingerprint density at radius 3 is 2.25 bits per heavy atom. The van der Waals surface area contributed by atoms with Gasteiger partial charge >= 0.3 is 0 Å².